The topological polar surface area (TPSA) is 50.8 Å². The molecule has 0 spiro atoms. The molecule has 1 aromatic rings. The van der Waals surface area contributed by atoms with Gasteiger partial charge in [0.1, 0.15) is 5.37 Å². The van der Waals surface area contributed by atoms with Gasteiger partial charge < -0.3 is 19.7 Å². The summed E-state index contributed by atoms with van der Waals surface area (Å²) in [5.41, 5.74) is 1.07. The van der Waals surface area contributed by atoms with E-state index < -0.39 is 0 Å². The number of hydrogen-bond acceptors (Lipinski definition) is 5. The van der Waals surface area contributed by atoms with Crippen LogP contribution in [0.1, 0.15) is 24.3 Å². The van der Waals surface area contributed by atoms with Crippen LogP contribution in [0.5, 0.6) is 11.5 Å². The van der Waals surface area contributed by atoms with Crippen LogP contribution in [-0.2, 0) is 4.79 Å². The molecule has 1 amide bonds. The van der Waals surface area contributed by atoms with Crippen LogP contribution < -0.4 is 14.8 Å². The van der Waals surface area contributed by atoms with E-state index in [9.17, 15) is 4.79 Å². The molecule has 0 saturated carbocycles. The molecule has 1 fully saturated rings. The maximum atomic E-state index is 12.4. The Kier molecular flexibility index (Phi) is 5.97. The molecule has 6 heteroatoms. The number of carbonyl (C=O) groups excluding carboxylic acids is 1. The lowest BCUT2D eigenvalue weighted by molar-refractivity contribution is -0.129. The van der Waals surface area contributed by atoms with Crippen molar-refractivity contribution < 1.29 is 14.3 Å². The molecular formula is C16H24N2O3S. The summed E-state index contributed by atoms with van der Waals surface area (Å²) in [6, 6.07) is 5.87. The number of benzene rings is 1. The fourth-order valence-electron chi connectivity index (χ4n) is 2.59. The van der Waals surface area contributed by atoms with E-state index in [4.69, 9.17) is 9.47 Å². The molecule has 1 aromatic carbocycles. The summed E-state index contributed by atoms with van der Waals surface area (Å²) in [6.07, 6.45) is 0.944. The van der Waals surface area contributed by atoms with E-state index in [0.717, 1.165) is 25.1 Å². The van der Waals surface area contributed by atoms with Crippen LogP contribution in [0.4, 0.5) is 0 Å². The first kappa shape index (κ1) is 17.0. The SMILES string of the molecule is CNCCCN1C(=O)[C@H](C)S[C@@H]1c1ccc(OC)c(OC)c1. The Hall–Kier alpha value is -1.40. The minimum Gasteiger partial charge on any atom is -0.493 e. The maximum Gasteiger partial charge on any atom is 0.236 e. The van der Waals surface area contributed by atoms with E-state index in [1.807, 2.05) is 37.1 Å². The molecule has 1 aliphatic rings. The monoisotopic (exact) mass is 324 g/mol. The van der Waals surface area contributed by atoms with Crippen LogP contribution >= 0.6 is 11.8 Å². The summed E-state index contributed by atoms with van der Waals surface area (Å²) in [6.45, 7) is 3.64. The van der Waals surface area contributed by atoms with Crippen molar-refractivity contribution in [3.05, 3.63) is 23.8 Å². The minimum atomic E-state index is -0.00678. The van der Waals surface area contributed by atoms with Crippen LogP contribution in [0.15, 0.2) is 18.2 Å². The van der Waals surface area contributed by atoms with Gasteiger partial charge in [-0.15, -0.1) is 11.8 Å². The predicted molar refractivity (Wildman–Crippen MR) is 89.6 cm³/mol. The molecule has 122 valence electrons. The third kappa shape index (κ3) is 3.50. The Morgan fingerprint density at radius 2 is 2.00 bits per heavy atom. The highest BCUT2D eigenvalue weighted by Gasteiger charge is 2.38. The Labute approximate surface area is 136 Å². The van der Waals surface area contributed by atoms with Crippen LogP contribution in [0.3, 0.4) is 0 Å². The van der Waals surface area contributed by atoms with E-state index in [1.54, 1.807) is 26.0 Å². The second-order valence-electron chi connectivity index (χ2n) is 5.23. The smallest absolute Gasteiger partial charge is 0.236 e. The number of nitrogens with zero attached hydrogens (tertiary/aromatic N) is 1. The van der Waals surface area contributed by atoms with Crippen molar-refractivity contribution >= 4 is 17.7 Å². The van der Waals surface area contributed by atoms with Gasteiger partial charge in [0, 0.05) is 6.54 Å². The number of methoxy groups -OCH3 is 2. The van der Waals surface area contributed by atoms with Crippen molar-refractivity contribution in [1.82, 2.24) is 10.2 Å². The average Bonchev–Trinajstić information content (AvgIpc) is 2.82. The molecule has 0 bridgehead atoms. The highest BCUT2D eigenvalue weighted by atomic mass is 32.2. The normalized spacial score (nSPS) is 21.3. The van der Waals surface area contributed by atoms with Gasteiger partial charge in [-0.25, -0.2) is 0 Å². The standard InChI is InChI=1S/C16H24N2O3S/c1-11-15(19)18(9-5-8-17-2)16(22-11)12-6-7-13(20-3)14(10-12)21-4/h6-7,10-11,16-17H,5,8-9H2,1-4H3/t11-,16+/m0/s1. The van der Waals surface area contributed by atoms with E-state index in [0.29, 0.717) is 11.5 Å². The molecule has 0 unspecified atom stereocenters. The zero-order chi connectivity index (χ0) is 16.1. The van der Waals surface area contributed by atoms with Crippen molar-refractivity contribution in [2.24, 2.45) is 0 Å². The fourth-order valence-corrected chi connectivity index (χ4v) is 3.89. The average molecular weight is 324 g/mol. The van der Waals surface area contributed by atoms with Gasteiger partial charge >= 0.3 is 0 Å². The van der Waals surface area contributed by atoms with Gasteiger partial charge in [-0.1, -0.05) is 6.07 Å². The first-order valence-electron chi connectivity index (χ1n) is 7.44. The van der Waals surface area contributed by atoms with Crippen molar-refractivity contribution in [3.8, 4) is 11.5 Å². The van der Waals surface area contributed by atoms with Crippen molar-refractivity contribution in [1.29, 1.82) is 0 Å². The molecule has 0 radical (unpaired) electrons. The number of rotatable bonds is 7. The summed E-state index contributed by atoms with van der Waals surface area (Å²) in [5, 5.41) is 3.16. The van der Waals surface area contributed by atoms with Crippen LogP contribution in [0.25, 0.3) is 0 Å². The van der Waals surface area contributed by atoms with Gasteiger partial charge in [0.05, 0.1) is 19.5 Å². The van der Waals surface area contributed by atoms with Gasteiger partial charge in [-0.05, 0) is 44.6 Å². The van der Waals surface area contributed by atoms with Crippen molar-refractivity contribution in [2.75, 3.05) is 34.4 Å². The Balaban J connectivity index is 2.22. The van der Waals surface area contributed by atoms with Gasteiger partial charge in [0.2, 0.25) is 5.91 Å². The first-order chi connectivity index (χ1) is 10.6. The lowest BCUT2D eigenvalue weighted by atomic mass is 10.1. The second-order valence-corrected chi connectivity index (χ2v) is 6.66. The van der Waals surface area contributed by atoms with E-state index >= 15 is 0 Å². The number of ether oxygens (including phenoxy) is 2. The predicted octanol–water partition coefficient (Wildman–Crippen LogP) is 2.28. The van der Waals surface area contributed by atoms with E-state index in [-0.39, 0.29) is 16.5 Å². The summed E-state index contributed by atoms with van der Waals surface area (Å²) in [4.78, 5) is 14.4. The molecule has 2 atom stereocenters. The number of carbonyl (C=O) groups is 1. The molecule has 1 saturated heterocycles. The van der Waals surface area contributed by atoms with Crippen LogP contribution in [0, 0.1) is 0 Å². The molecular weight excluding hydrogens is 300 g/mol. The third-order valence-corrected chi connectivity index (χ3v) is 5.16. The summed E-state index contributed by atoms with van der Waals surface area (Å²) >= 11 is 1.69. The first-order valence-corrected chi connectivity index (χ1v) is 8.39. The lowest BCUT2D eigenvalue weighted by Gasteiger charge is -2.24. The molecule has 22 heavy (non-hydrogen) atoms. The van der Waals surface area contributed by atoms with Gasteiger partial charge in [0.25, 0.3) is 0 Å². The molecule has 5 nitrogen and oxygen atoms in total. The van der Waals surface area contributed by atoms with Crippen molar-refractivity contribution in [2.45, 2.75) is 24.0 Å². The van der Waals surface area contributed by atoms with E-state index in [2.05, 4.69) is 5.32 Å². The Morgan fingerprint density at radius 1 is 1.27 bits per heavy atom. The van der Waals surface area contributed by atoms with Gasteiger partial charge in [-0.2, -0.15) is 0 Å². The number of thioether (sulfide) groups is 1. The Bertz CT molecular complexity index is 524. The van der Waals surface area contributed by atoms with Crippen LogP contribution in [-0.4, -0.2) is 50.4 Å². The summed E-state index contributed by atoms with van der Waals surface area (Å²) < 4.78 is 10.7. The highest BCUT2D eigenvalue weighted by molar-refractivity contribution is 8.01. The van der Waals surface area contributed by atoms with E-state index in [1.165, 1.54) is 0 Å². The number of nitrogens with one attached hydrogen (secondary N) is 1. The molecule has 0 aliphatic carbocycles. The molecule has 1 aliphatic heterocycles. The summed E-state index contributed by atoms with van der Waals surface area (Å²) in [5.74, 6) is 1.61. The Morgan fingerprint density at radius 3 is 2.64 bits per heavy atom. The molecule has 1 N–H and O–H groups in total. The maximum absolute atomic E-state index is 12.4. The molecule has 0 aromatic heterocycles. The van der Waals surface area contributed by atoms with Crippen LogP contribution in [0.2, 0.25) is 0 Å². The minimum absolute atomic E-state index is 0.00678. The van der Waals surface area contributed by atoms with Gasteiger partial charge in [0.15, 0.2) is 11.5 Å². The van der Waals surface area contributed by atoms with Crippen molar-refractivity contribution in [3.63, 3.8) is 0 Å². The third-order valence-electron chi connectivity index (χ3n) is 3.77. The largest absolute Gasteiger partial charge is 0.493 e. The number of amides is 1. The quantitative estimate of drug-likeness (QED) is 0.780. The molecule has 1 heterocycles. The number of hydrogen-bond donors (Lipinski definition) is 1. The summed E-state index contributed by atoms with van der Waals surface area (Å²) in [7, 11) is 5.17. The highest BCUT2D eigenvalue weighted by Crippen LogP contribution is 2.44. The lowest BCUT2D eigenvalue weighted by Crippen LogP contribution is -2.32. The van der Waals surface area contributed by atoms with Gasteiger partial charge in [-0.3, -0.25) is 4.79 Å². The molecule has 2 rings (SSSR count). The second kappa shape index (κ2) is 7.74. The zero-order valence-electron chi connectivity index (χ0n) is 13.6. The fraction of sp³-hybridized carbons (Fsp3) is 0.562. The zero-order valence-corrected chi connectivity index (χ0v) is 14.4.